The van der Waals surface area contributed by atoms with E-state index in [9.17, 15) is 14.7 Å². The number of nitrogens with zero attached hydrogens (tertiary/aromatic N) is 2. The summed E-state index contributed by atoms with van der Waals surface area (Å²) in [6, 6.07) is 19.2. The number of β-amino-alcohol motifs (C(OH)–C–C–N with tert-alkyl or cyclic N) is 1. The molecule has 2 atom stereocenters. The van der Waals surface area contributed by atoms with E-state index in [1.807, 2.05) is 54.6 Å². The van der Waals surface area contributed by atoms with Crippen LogP contribution in [0.25, 0.3) is 21.3 Å². The number of aliphatic hydroxyl groups excluding tert-OH is 1. The standard InChI is InChI=1S/C26H23N5O3S/c32-19-12-17(13-27-14-19)29-24(33)23-22-21-20(10-11-28-25(21)35-23)31(26(34)30-22)18-8-6-16(7-9-18)15-4-2-1-3-5-15/h1-11,17,19,27,32H,12-14H2,(H,29,33)(H,30,34)/t17-,19-/m1/s1. The summed E-state index contributed by atoms with van der Waals surface area (Å²) in [7, 11) is 0. The Morgan fingerprint density at radius 2 is 1.83 bits per heavy atom. The lowest BCUT2D eigenvalue weighted by molar-refractivity contribution is 0.0881. The van der Waals surface area contributed by atoms with Crippen LogP contribution < -0.4 is 20.9 Å². The third-order valence-corrected chi connectivity index (χ3v) is 7.44. The van der Waals surface area contributed by atoms with Gasteiger partial charge in [-0.05, 0) is 35.7 Å². The summed E-state index contributed by atoms with van der Waals surface area (Å²) in [5, 5.41) is 19.7. The molecule has 9 heteroatoms. The van der Waals surface area contributed by atoms with Crippen molar-refractivity contribution in [3.05, 3.63) is 71.7 Å². The Morgan fingerprint density at radius 3 is 2.60 bits per heavy atom. The number of aromatic nitrogens is 1. The number of thiophene rings is 1. The zero-order valence-corrected chi connectivity index (χ0v) is 19.5. The summed E-state index contributed by atoms with van der Waals surface area (Å²) in [4.78, 5) is 33.6. The number of aliphatic hydroxyl groups is 1. The minimum Gasteiger partial charge on any atom is -0.392 e. The first-order chi connectivity index (χ1) is 17.1. The van der Waals surface area contributed by atoms with Crippen LogP contribution in [0.2, 0.25) is 0 Å². The van der Waals surface area contributed by atoms with E-state index in [2.05, 4.69) is 20.9 Å². The van der Waals surface area contributed by atoms with E-state index in [4.69, 9.17) is 0 Å². The molecule has 1 saturated heterocycles. The first kappa shape index (κ1) is 21.7. The zero-order valence-electron chi connectivity index (χ0n) is 18.7. The molecule has 2 aromatic carbocycles. The molecule has 0 bridgehead atoms. The minimum atomic E-state index is -0.496. The second-order valence-electron chi connectivity index (χ2n) is 8.71. The van der Waals surface area contributed by atoms with Gasteiger partial charge in [-0.25, -0.2) is 9.78 Å². The van der Waals surface area contributed by atoms with Crippen LogP contribution in [-0.4, -0.2) is 47.3 Å². The van der Waals surface area contributed by atoms with Crippen molar-refractivity contribution in [1.29, 1.82) is 0 Å². The molecule has 0 saturated carbocycles. The molecule has 8 nitrogen and oxygen atoms in total. The number of amides is 3. The second kappa shape index (κ2) is 8.77. The molecule has 0 radical (unpaired) electrons. The molecule has 4 heterocycles. The third-order valence-electron chi connectivity index (χ3n) is 6.35. The fourth-order valence-electron chi connectivity index (χ4n) is 4.71. The SMILES string of the molecule is O=C(N[C@H]1CNC[C@H](O)C1)c1sc2nccc3c2c1NC(=O)N3c1ccc(-c2ccccc2)cc1. The van der Waals surface area contributed by atoms with Crippen molar-refractivity contribution in [2.24, 2.45) is 0 Å². The highest BCUT2D eigenvalue weighted by Crippen LogP contribution is 2.45. The van der Waals surface area contributed by atoms with Crippen LogP contribution in [0.4, 0.5) is 21.9 Å². The molecule has 2 aromatic heterocycles. The molecule has 3 amide bonds. The van der Waals surface area contributed by atoms with E-state index in [-0.39, 0.29) is 18.0 Å². The molecule has 0 aliphatic carbocycles. The highest BCUT2D eigenvalue weighted by atomic mass is 32.1. The molecule has 1 fully saturated rings. The van der Waals surface area contributed by atoms with Gasteiger partial charge >= 0.3 is 6.03 Å². The van der Waals surface area contributed by atoms with Gasteiger partial charge in [-0.2, -0.15) is 0 Å². The van der Waals surface area contributed by atoms with E-state index in [1.54, 1.807) is 17.2 Å². The Hall–Kier alpha value is -3.79. The summed E-state index contributed by atoms with van der Waals surface area (Å²) in [6.45, 7) is 1.11. The number of piperidine rings is 1. The molecule has 2 aliphatic rings. The van der Waals surface area contributed by atoms with Crippen molar-refractivity contribution in [2.75, 3.05) is 23.3 Å². The molecular formula is C26H23N5O3S. The van der Waals surface area contributed by atoms with Gasteiger partial charge in [-0.1, -0.05) is 42.5 Å². The van der Waals surface area contributed by atoms with Crippen molar-refractivity contribution in [1.82, 2.24) is 15.6 Å². The quantitative estimate of drug-likeness (QED) is 0.348. The summed E-state index contributed by atoms with van der Waals surface area (Å²) < 4.78 is 0. The average molecular weight is 486 g/mol. The van der Waals surface area contributed by atoms with Gasteiger partial charge in [0, 0.05) is 25.3 Å². The van der Waals surface area contributed by atoms with Gasteiger partial charge in [-0.3, -0.25) is 9.69 Å². The Kier molecular flexibility index (Phi) is 5.44. The Morgan fingerprint density at radius 1 is 1.06 bits per heavy atom. The fraction of sp³-hybridized carbons (Fsp3) is 0.192. The van der Waals surface area contributed by atoms with Crippen molar-refractivity contribution in [3.8, 4) is 11.1 Å². The van der Waals surface area contributed by atoms with Crippen LogP contribution in [0.1, 0.15) is 16.1 Å². The van der Waals surface area contributed by atoms with Crippen molar-refractivity contribution in [2.45, 2.75) is 18.6 Å². The summed E-state index contributed by atoms with van der Waals surface area (Å²) in [5.41, 5.74) is 4.05. The minimum absolute atomic E-state index is 0.185. The monoisotopic (exact) mass is 485 g/mol. The lowest BCUT2D eigenvalue weighted by atomic mass is 10.0. The van der Waals surface area contributed by atoms with Crippen LogP contribution in [0.15, 0.2) is 66.9 Å². The zero-order chi connectivity index (χ0) is 23.9. The number of anilines is 3. The van der Waals surface area contributed by atoms with Gasteiger partial charge < -0.3 is 21.1 Å². The molecule has 4 aromatic rings. The fourth-order valence-corrected chi connectivity index (χ4v) is 5.74. The molecule has 176 valence electrons. The number of rotatable bonds is 4. The maximum Gasteiger partial charge on any atom is 0.331 e. The first-order valence-corrected chi connectivity index (χ1v) is 12.3. The number of hydrogen-bond acceptors (Lipinski definition) is 6. The normalized spacial score (nSPS) is 19.5. The smallest absolute Gasteiger partial charge is 0.331 e. The molecule has 4 N–H and O–H groups in total. The van der Waals surface area contributed by atoms with E-state index < -0.39 is 6.10 Å². The second-order valence-corrected chi connectivity index (χ2v) is 9.71. The number of nitrogens with one attached hydrogen (secondary N) is 3. The summed E-state index contributed by atoms with van der Waals surface area (Å²) in [6.07, 6.45) is 1.65. The van der Waals surface area contributed by atoms with Crippen LogP contribution in [0.3, 0.4) is 0 Å². The highest BCUT2D eigenvalue weighted by Gasteiger charge is 2.33. The largest absolute Gasteiger partial charge is 0.392 e. The highest BCUT2D eigenvalue weighted by molar-refractivity contribution is 7.21. The lowest BCUT2D eigenvalue weighted by Crippen LogP contribution is -2.50. The molecule has 0 spiro atoms. The van der Waals surface area contributed by atoms with Gasteiger partial charge in [0.1, 0.15) is 9.71 Å². The van der Waals surface area contributed by atoms with E-state index >= 15 is 0 Å². The van der Waals surface area contributed by atoms with Crippen LogP contribution in [0, 0.1) is 0 Å². The van der Waals surface area contributed by atoms with Crippen molar-refractivity contribution >= 4 is 50.6 Å². The number of hydrogen-bond donors (Lipinski definition) is 4. The van der Waals surface area contributed by atoms with E-state index in [1.165, 1.54) is 11.3 Å². The van der Waals surface area contributed by atoms with Crippen molar-refractivity contribution < 1.29 is 14.7 Å². The predicted molar refractivity (Wildman–Crippen MR) is 137 cm³/mol. The van der Waals surface area contributed by atoms with E-state index in [0.717, 1.165) is 22.2 Å². The Labute approximate surface area is 205 Å². The molecule has 6 rings (SSSR count). The van der Waals surface area contributed by atoms with Gasteiger partial charge in [-0.15, -0.1) is 11.3 Å². The van der Waals surface area contributed by atoms with Crippen LogP contribution in [0.5, 0.6) is 0 Å². The molecular weight excluding hydrogens is 462 g/mol. The summed E-state index contributed by atoms with van der Waals surface area (Å²) in [5.74, 6) is -0.282. The maximum atomic E-state index is 13.3. The maximum absolute atomic E-state index is 13.3. The predicted octanol–water partition coefficient (Wildman–Crippen LogP) is 4.10. The van der Waals surface area contributed by atoms with Gasteiger partial charge in [0.2, 0.25) is 0 Å². The third kappa shape index (κ3) is 3.93. The Bertz CT molecular complexity index is 1420. The van der Waals surface area contributed by atoms with Gasteiger partial charge in [0.25, 0.3) is 5.91 Å². The molecule has 35 heavy (non-hydrogen) atoms. The lowest BCUT2D eigenvalue weighted by Gasteiger charge is -2.29. The van der Waals surface area contributed by atoms with Crippen LogP contribution in [-0.2, 0) is 0 Å². The number of pyridine rings is 1. The van der Waals surface area contributed by atoms with Gasteiger partial charge in [0.05, 0.1) is 28.6 Å². The van der Waals surface area contributed by atoms with E-state index in [0.29, 0.717) is 40.6 Å². The molecule has 0 unspecified atom stereocenters. The van der Waals surface area contributed by atoms with Crippen molar-refractivity contribution in [3.63, 3.8) is 0 Å². The number of carbonyl (C=O) groups excluding carboxylic acids is 2. The van der Waals surface area contributed by atoms with Gasteiger partial charge in [0.15, 0.2) is 0 Å². The number of benzene rings is 2. The number of carbonyl (C=O) groups is 2. The molecule has 2 aliphatic heterocycles. The first-order valence-electron chi connectivity index (χ1n) is 11.5. The summed E-state index contributed by atoms with van der Waals surface area (Å²) >= 11 is 1.25. The average Bonchev–Trinajstić information content (AvgIpc) is 3.24. The Balaban J connectivity index is 1.34. The topological polar surface area (TPSA) is 107 Å². The van der Waals surface area contributed by atoms with Crippen LogP contribution >= 0.6 is 11.3 Å². The number of urea groups is 1.